The Morgan fingerprint density at radius 3 is 2.40 bits per heavy atom. The van der Waals surface area contributed by atoms with Crippen LogP contribution >= 0.6 is 0 Å². The van der Waals surface area contributed by atoms with Crippen LogP contribution in [0.3, 0.4) is 0 Å². The molecule has 0 spiro atoms. The largest absolute Gasteiger partial charge is 0.387 e. The Morgan fingerprint density at radius 1 is 1.40 bits per heavy atom. The molecule has 1 rings (SSSR count). The SMILES string of the molecule is CCN(C(C)C)S(=O)(=O)c1cc([N+](=O)[O-])ccc1NC. The molecular formula is C12H19N3O4S. The van der Waals surface area contributed by atoms with E-state index >= 15 is 0 Å². The smallest absolute Gasteiger partial charge is 0.270 e. The molecule has 0 aromatic heterocycles. The Hall–Kier alpha value is -1.67. The van der Waals surface area contributed by atoms with Crippen molar-refractivity contribution >= 4 is 21.4 Å². The van der Waals surface area contributed by atoms with Crippen molar-refractivity contribution in [3.05, 3.63) is 28.3 Å². The van der Waals surface area contributed by atoms with Gasteiger partial charge in [0.25, 0.3) is 5.69 Å². The Morgan fingerprint density at radius 2 is 2.00 bits per heavy atom. The summed E-state index contributed by atoms with van der Waals surface area (Å²) in [6.45, 7) is 5.55. The van der Waals surface area contributed by atoms with Crippen molar-refractivity contribution in [3.8, 4) is 0 Å². The first-order valence-corrected chi connectivity index (χ1v) is 7.67. The molecule has 0 atom stereocenters. The van der Waals surface area contributed by atoms with Gasteiger partial charge in [-0.15, -0.1) is 0 Å². The van der Waals surface area contributed by atoms with E-state index in [4.69, 9.17) is 0 Å². The highest BCUT2D eigenvalue weighted by Crippen LogP contribution is 2.29. The Labute approximate surface area is 118 Å². The first-order chi connectivity index (χ1) is 9.25. The lowest BCUT2D eigenvalue weighted by Crippen LogP contribution is -2.37. The van der Waals surface area contributed by atoms with Crippen LogP contribution in [0.5, 0.6) is 0 Å². The van der Waals surface area contributed by atoms with E-state index in [2.05, 4.69) is 5.32 Å². The lowest BCUT2D eigenvalue weighted by Gasteiger charge is -2.25. The van der Waals surface area contributed by atoms with E-state index in [-0.39, 0.29) is 16.6 Å². The number of hydrogen-bond acceptors (Lipinski definition) is 5. The van der Waals surface area contributed by atoms with Crippen molar-refractivity contribution in [1.82, 2.24) is 4.31 Å². The van der Waals surface area contributed by atoms with Crippen LogP contribution in [0.15, 0.2) is 23.1 Å². The molecule has 0 saturated heterocycles. The molecule has 0 bridgehead atoms. The molecule has 0 unspecified atom stereocenters. The zero-order chi connectivity index (χ0) is 15.5. The summed E-state index contributed by atoms with van der Waals surface area (Å²) in [6, 6.07) is 3.54. The summed E-state index contributed by atoms with van der Waals surface area (Å²) >= 11 is 0. The molecule has 20 heavy (non-hydrogen) atoms. The highest BCUT2D eigenvalue weighted by Gasteiger charge is 2.29. The summed E-state index contributed by atoms with van der Waals surface area (Å²) < 4.78 is 26.5. The molecule has 112 valence electrons. The summed E-state index contributed by atoms with van der Waals surface area (Å²) in [5.74, 6) is 0. The minimum atomic E-state index is -3.78. The van der Waals surface area contributed by atoms with Gasteiger partial charge in [-0.2, -0.15) is 4.31 Å². The number of nitro groups is 1. The number of non-ortho nitro benzene ring substituents is 1. The third kappa shape index (κ3) is 3.07. The Kier molecular flexibility index (Phi) is 5.07. The van der Waals surface area contributed by atoms with Crippen molar-refractivity contribution in [3.63, 3.8) is 0 Å². The van der Waals surface area contributed by atoms with Gasteiger partial charge in [0, 0.05) is 31.8 Å². The first kappa shape index (κ1) is 16.4. The van der Waals surface area contributed by atoms with Crippen LogP contribution in [0.25, 0.3) is 0 Å². The fourth-order valence-corrected chi connectivity index (χ4v) is 3.85. The van der Waals surface area contributed by atoms with E-state index in [0.29, 0.717) is 12.2 Å². The molecule has 0 heterocycles. The van der Waals surface area contributed by atoms with Crippen LogP contribution in [0.1, 0.15) is 20.8 Å². The van der Waals surface area contributed by atoms with Gasteiger partial charge in [-0.05, 0) is 19.9 Å². The zero-order valence-electron chi connectivity index (χ0n) is 12.0. The number of benzene rings is 1. The van der Waals surface area contributed by atoms with E-state index in [9.17, 15) is 18.5 Å². The van der Waals surface area contributed by atoms with Gasteiger partial charge in [0.05, 0.1) is 10.6 Å². The summed E-state index contributed by atoms with van der Waals surface area (Å²) in [5.41, 5.74) is 0.0945. The second kappa shape index (κ2) is 6.19. The molecule has 1 aromatic rings. The molecule has 0 amide bonds. The summed E-state index contributed by atoms with van der Waals surface area (Å²) in [4.78, 5) is 10.1. The standard InChI is InChI=1S/C12H19N3O4S/c1-5-14(9(2)3)20(18,19)12-8-10(15(16)17)6-7-11(12)13-4/h6-9,13H,5H2,1-4H3. The van der Waals surface area contributed by atoms with Crippen molar-refractivity contribution in [2.75, 3.05) is 18.9 Å². The van der Waals surface area contributed by atoms with Gasteiger partial charge in [0.15, 0.2) is 0 Å². The van der Waals surface area contributed by atoms with E-state index in [0.717, 1.165) is 6.07 Å². The van der Waals surface area contributed by atoms with Crippen molar-refractivity contribution in [1.29, 1.82) is 0 Å². The fraction of sp³-hybridized carbons (Fsp3) is 0.500. The van der Waals surface area contributed by atoms with Gasteiger partial charge in [-0.1, -0.05) is 6.92 Å². The topological polar surface area (TPSA) is 92.5 Å². The maximum absolute atomic E-state index is 12.6. The summed E-state index contributed by atoms with van der Waals surface area (Å²) in [6.07, 6.45) is 0. The number of nitrogens with one attached hydrogen (secondary N) is 1. The molecule has 7 nitrogen and oxygen atoms in total. The minimum absolute atomic E-state index is 0.0789. The normalized spacial score (nSPS) is 11.9. The summed E-state index contributed by atoms with van der Waals surface area (Å²) in [7, 11) is -2.21. The van der Waals surface area contributed by atoms with Gasteiger partial charge in [0.1, 0.15) is 4.90 Å². The van der Waals surface area contributed by atoms with Crippen molar-refractivity contribution in [2.45, 2.75) is 31.7 Å². The molecule has 0 aliphatic heterocycles. The van der Waals surface area contributed by atoms with E-state index in [1.54, 1.807) is 27.8 Å². The van der Waals surface area contributed by atoms with Gasteiger partial charge in [-0.3, -0.25) is 10.1 Å². The molecular weight excluding hydrogens is 282 g/mol. The quantitative estimate of drug-likeness (QED) is 0.641. The molecule has 0 saturated carbocycles. The molecule has 0 fully saturated rings. The van der Waals surface area contributed by atoms with E-state index in [1.807, 2.05) is 0 Å². The van der Waals surface area contributed by atoms with Gasteiger partial charge in [0.2, 0.25) is 10.0 Å². The number of anilines is 1. The number of sulfonamides is 1. The molecule has 0 aliphatic rings. The zero-order valence-corrected chi connectivity index (χ0v) is 12.8. The molecule has 8 heteroatoms. The number of nitro benzene ring substituents is 1. The predicted octanol–water partition coefficient (Wildman–Crippen LogP) is 2.06. The Bertz CT molecular complexity index is 599. The van der Waals surface area contributed by atoms with Crippen molar-refractivity contribution in [2.24, 2.45) is 0 Å². The van der Waals surface area contributed by atoms with Crippen LogP contribution < -0.4 is 5.32 Å². The fourth-order valence-electron chi connectivity index (χ4n) is 1.98. The number of hydrogen-bond donors (Lipinski definition) is 1. The van der Waals surface area contributed by atoms with Crippen LogP contribution in [-0.2, 0) is 10.0 Å². The highest BCUT2D eigenvalue weighted by molar-refractivity contribution is 7.89. The van der Waals surface area contributed by atoms with Gasteiger partial charge in [-0.25, -0.2) is 8.42 Å². The van der Waals surface area contributed by atoms with Crippen LogP contribution in [0, 0.1) is 10.1 Å². The summed E-state index contributed by atoms with van der Waals surface area (Å²) in [5, 5.41) is 13.6. The van der Waals surface area contributed by atoms with Crippen LogP contribution in [0.2, 0.25) is 0 Å². The third-order valence-electron chi connectivity index (χ3n) is 2.92. The van der Waals surface area contributed by atoms with Crippen molar-refractivity contribution < 1.29 is 13.3 Å². The maximum Gasteiger partial charge on any atom is 0.270 e. The predicted molar refractivity (Wildman–Crippen MR) is 77.3 cm³/mol. The highest BCUT2D eigenvalue weighted by atomic mass is 32.2. The maximum atomic E-state index is 12.6. The van der Waals surface area contributed by atoms with Crippen LogP contribution in [-0.4, -0.2) is 37.3 Å². The number of nitrogens with zero attached hydrogens (tertiary/aromatic N) is 2. The molecule has 0 aliphatic carbocycles. The van der Waals surface area contributed by atoms with E-state index in [1.165, 1.54) is 16.4 Å². The van der Waals surface area contributed by atoms with E-state index < -0.39 is 14.9 Å². The minimum Gasteiger partial charge on any atom is -0.387 e. The lowest BCUT2D eigenvalue weighted by atomic mass is 10.3. The Balaban J connectivity index is 3.49. The average Bonchev–Trinajstić information content (AvgIpc) is 2.37. The second-order valence-corrected chi connectivity index (χ2v) is 6.35. The third-order valence-corrected chi connectivity index (χ3v) is 5.11. The second-order valence-electron chi connectivity index (χ2n) is 4.49. The van der Waals surface area contributed by atoms with Gasteiger partial charge < -0.3 is 5.32 Å². The average molecular weight is 301 g/mol. The molecule has 0 radical (unpaired) electrons. The lowest BCUT2D eigenvalue weighted by molar-refractivity contribution is -0.385. The number of rotatable bonds is 6. The monoisotopic (exact) mass is 301 g/mol. The van der Waals surface area contributed by atoms with Crippen LogP contribution in [0.4, 0.5) is 11.4 Å². The molecule has 1 aromatic carbocycles. The van der Waals surface area contributed by atoms with Gasteiger partial charge >= 0.3 is 0 Å². The molecule has 1 N–H and O–H groups in total. The first-order valence-electron chi connectivity index (χ1n) is 6.23.